The van der Waals surface area contributed by atoms with E-state index in [-0.39, 0.29) is 53.4 Å². The maximum Gasteiger partial charge on any atom is 0.338 e. The van der Waals surface area contributed by atoms with Crippen molar-refractivity contribution in [3.8, 4) is 0 Å². The lowest BCUT2D eigenvalue weighted by atomic mass is 9.85. The van der Waals surface area contributed by atoms with E-state index >= 15 is 0 Å². The fourth-order valence-electron chi connectivity index (χ4n) is 4.84. The largest absolute Gasteiger partial charge is 0.454 e. The van der Waals surface area contributed by atoms with Gasteiger partial charge in [0.25, 0.3) is 0 Å². The summed E-state index contributed by atoms with van der Waals surface area (Å²) >= 11 is 3.30. The third-order valence-electron chi connectivity index (χ3n) is 6.33. The molecule has 6 nitrogen and oxygen atoms in total. The zero-order valence-electron chi connectivity index (χ0n) is 16.4. The van der Waals surface area contributed by atoms with E-state index in [2.05, 4.69) is 28.1 Å². The lowest BCUT2D eigenvalue weighted by Gasteiger charge is -2.17. The standard InChI is InChI=1S/C24H18BrNO5/c25-17-7-3-13(4-8-17)19(27)12-31-24(30)14-5-9-18(10-6-14)26-22(28)20-15-1-2-16(11-15)21(20)23(26)29/h1-10,15-16,20-21H,11-12H2/t15-,16-,20-,21-/m0/s1. The Hall–Kier alpha value is -3.06. The molecule has 1 heterocycles. The highest BCUT2D eigenvalue weighted by molar-refractivity contribution is 9.10. The van der Waals surface area contributed by atoms with Gasteiger partial charge in [-0.05, 0) is 54.7 Å². The van der Waals surface area contributed by atoms with E-state index in [1.165, 1.54) is 17.0 Å². The van der Waals surface area contributed by atoms with E-state index in [0.29, 0.717) is 11.3 Å². The van der Waals surface area contributed by atoms with Crippen molar-refractivity contribution in [2.24, 2.45) is 23.7 Å². The molecule has 31 heavy (non-hydrogen) atoms. The molecule has 0 N–H and O–H groups in total. The van der Waals surface area contributed by atoms with Crippen molar-refractivity contribution in [2.75, 3.05) is 11.5 Å². The first kappa shape index (κ1) is 19.9. The van der Waals surface area contributed by atoms with Crippen LogP contribution in [0, 0.1) is 23.7 Å². The van der Waals surface area contributed by atoms with Crippen LogP contribution in [0.25, 0.3) is 0 Å². The number of hydrogen-bond donors (Lipinski definition) is 0. The van der Waals surface area contributed by atoms with Gasteiger partial charge in [-0.3, -0.25) is 19.3 Å². The molecular formula is C24H18BrNO5. The molecule has 2 aromatic carbocycles. The molecule has 156 valence electrons. The van der Waals surface area contributed by atoms with E-state index < -0.39 is 5.97 Å². The Morgan fingerprint density at radius 1 is 0.871 bits per heavy atom. The smallest absolute Gasteiger partial charge is 0.338 e. The monoisotopic (exact) mass is 479 g/mol. The van der Waals surface area contributed by atoms with Gasteiger partial charge in [-0.1, -0.05) is 40.2 Å². The third-order valence-corrected chi connectivity index (χ3v) is 6.86. The summed E-state index contributed by atoms with van der Waals surface area (Å²) in [5.74, 6) is -1.52. The van der Waals surface area contributed by atoms with E-state index in [0.717, 1.165) is 10.9 Å². The van der Waals surface area contributed by atoms with Crippen LogP contribution in [0.15, 0.2) is 65.2 Å². The normalized spacial score (nSPS) is 25.8. The number of benzene rings is 2. The predicted molar refractivity (Wildman–Crippen MR) is 115 cm³/mol. The number of rotatable bonds is 5. The van der Waals surface area contributed by atoms with Gasteiger partial charge in [0.15, 0.2) is 12.4 Å². The average Bonchev–Trinajstić information content (AvgIpc) is 3.46. The van der Waals surface area contributed by atoms with Gasteiger partial charge in [0.2, 0.25) is 11.8 Å². The summed E-state index contributed by atoms with van der Waals surface area (Å²) in [5.41, 5.74) is 1.14. The summed E-state index contributed by atoms with van der Waals surface area (Å²) in [6.07, 6.45) is 4.98. The van der Waals surface area contributed by atoms with E-state index in [4.69, 9.17) is 4.74 Å². The number of allylic oxidation sites excluding steroid dienone is 2. The van der Waals surface area contributed by atoms with E-state index in [1.807, 2.05) is 0 Å². The molecule has 4 atom stereocenters. The Morgan fingerprint density at radius 3 is 2.00 bits per heavy atom. The summed E-state index contributed by atoms with van der Waals surface area (Å²) in [6, 6.07) is 12.9. The number of carbonyl (C=O) groups excluding carboxylic acids is 4. The van der Waals surface area contributed by atoms with Crippen LogP contribution in [0.5, 0.6) is 0 Å². The fourth-order valence-corrected chi connectivity index (χ4v) is 5.10. The number of Topliss-reactive ketones (excluding diaryl/α,β-unsaturated/α-hetero) is 1. The van der Waals surface area contributed by atoms with Gasteiger partial charge < -0.3 is 4.74 Å². The highest BCUT2D eigenvalue weighted by Crippen LogP contribution is 2.53. The molecule has 2 bridgehead atoms. The molecule has 7 heteroatoms. The van der Waals surface area contributed by atoms with Gasteiger partial charge in [-0.25, -0.2) is 4.79 Å². The zero-order chi connectivity index (χ0) is 21.7. The predicted octanol–water partition coefficient (Wildman–Crippen LogP) is 3.80. The molecule has 5 rings (SSSR count). The maximum absolute atomic E-state index is 12.9. The lowest BCUT2D eigenvalue weighted by Crippen LogP contribution is -2.32. The Balaban J connectivity index is 1.24. The molecule has 0 spiro atoms. The Labute approximate surface area is 187 Å². The van der Waals surface area contributed by atoms with Crippen LogP contribution in [0.2, 0.25) is 0 Å². The Bertz CT molecular complexity index is 1090. The van der Waals surface area contributed by atoms with Crippen LogP contribution in [-0.2, 0) is 14.3 Å². The first-order chi connectivity index (χ1) is 14.9. The fraction of sp³-hybridized carbons (Fsp3) is 0.250. The SMILES string of the molecule is O=C(COC(=O)c1ccc(N2C(=O)[C@@H]3[C@@H](C2=O)[C@H]2C=C[C@H]3C2)cc1)c1ccc(Br)cc1. The number of anilines is 1. The van der Waals surface area contributed by atoms with Crippen LogP contribution < -0.4 is 4.90 Å². The van der Waals surface area contributed by atoms with E-state index in [1.54, 1.807) is 36.4 Å². The van der Waals surface area contributed by atoms with Crippen LogP contribution in [0.3, 0.4) is 0 Å². The number of hydrogen-bond acceptors (Lipinski definition) is 5. The average molecular weight is 480 g/mol. The first-order valence-electron chi connectivity index (χ1n) is 10.1. The Kier molecular flexibility index (Phi) is 4.85. The van der Waals surface area contributed by atoms with Gasteiger partial charge >= 0.3 is 5.97 Å². The maximum atomic E-state index is 12.9. The van der Waals surface area contributed by atoms with Crippen LogP contribution in [0.4, 0.5) is 5.69 Å². The topological polar surface area (TPSA) is 80.8 Å². The molecular weight excluding hydrogens is 462 g/mol. The summed E-state index contributed by atoms with van der Waals surface area (Å²) in [6.45, 7) is -0.371. The Morgan fingerprint density at radius 2 is 1.42 bits per heavy atom. The molecule has 2 aliphatic carbocycles. The number of ketones is 1. The van der Waals surface area contributed by atoms with Gasteiger partial charge in [-0.15, -0.1) is 0 Å². The van der Waals surface area contributed by atoms with Crippen molar-refractivity contribution in [3.05, 3.63) is 76.3 Å². The molecule has 1 saturated heterocycles. The van der Waals surface area contributed by atoms with Gasteiger partial charge in [-0.2, -0.15) is 0 Å². The molecule has 2 amide bonds. The minimum absolute atomic E-state index is 0.147. The highest BCUT2D eigenvalue weighted by Gasteiger charge is 2.59. The number of carbonyl (C=O) groups is 4. The van der Waals surface area contributed by atoms with Crippen molar-refractivity contribution in [3.63, 3.8) is 0 Å². The van der Waals surface area contributed by atoms with Crippen molar-refractivity contribution < 1.29 is 23.9 Å². The summed E-state index contributed by atoms with van der Waals surface area (Å²) in [5, 5.41) is 0. The number of amides is 2. The van der Waals surface area contributed by atoms with Crippen LogP contribution >= 0.6 is 15.9 Å². The minimum atomic E-state index is -0.643. The number of imide groups is 1. The lowest BCUT2D eigenvalue weighted by molar-refractivity contribution is -0.123. The number of halogens is 1. The van der Waals surface area contributed by atoms with E-state index in [9.17, 15) is 19.2 Å². The number of ether oxygens (including phenoxy) is 1. The summed E-state index contributed by atoms with van der Waals surface area (Å²) < 4.78 is 5.97. The van der Waals surface area contributed by atoms with Crippen LogP contribution in [0.1, 0.15) is 27.1 Å². The molecule has 0 aromatic heterocycles. The minimum Gasteiger partial charge on any atom is -0.454 e. The van der Waals surface area contributed by atoms with Gasteiger partial charge in [0.05, 0.1) is 23.1 Å². The molecule has 3 aliphatic rings. The molecule has 1 aliphatic heterocycles. The number of esters is 1. The third kappa shape index (κ3) is 3.33. The number of fused-ring (bicyclic) bond motifs is 5. The number of nitrogens with zero attached hydrogens (tertiary/aromatic N) is 1. The van der Waals surface area contributed by atoms with Crippen LogP contribution in [-0.4, -0.2) is 30.2 Å². The molecule has 0 unspecified atom stereocenters. The van der Waals surface area contributed by atoms with Gasteiger partial charge in [0, 0.05) is 10.0 Å². The van der Waals surface area contributed by atoms with Crippen molar-refractivity contribution in [1.82, 2.24) is 0 Å². The molecule has 1 saturated carbocycles. The molecule has 2 aromatic rings. The van der Waals surface area contributed by atoms with Crippen molar-refractivity contribution in [2.45, 2.75) is 6.42 Å². The zero-order valence-corrected chi connectivity index (χ0v) is 17.9. The second kappa shape index (κ2) is 7.57. The highest BCUT2D eigenvalue weighted by atomic mass is 79.9. The quantitative estimate of drug-likeness (QED) is 0.282. The van der Waals surface area contributed by atoms with Crippen molar-refractivity contribution >= 4 is 45.2 Å². The first-order valence-corrected chi connectivity index (χ1v) is 10.9. The molecule has 0 radical (unpaired) electrons. The summed E-state index contributed by atoms with van der Waals surface area (Å²) in [7, 11) is 0. The van der Waals surface area contributed by atoms with Gasteiger partial charge in [0.1, 0.15) is 0 Å². The second-order valence-corrected chi connectivity index (χ2v) is 8.98. The summed E-state index contributed by atoms with van der Waals surface area (Å²) in [4.78, 5) is 51.5. The van der Waals surface area contributed by atoms with Crippen molar-refractivity contribution in [1.29, 1.82) is 0 Å². The molecule has 2 fully saturated rings. The second-order valence-electron chi connectivity index (χ2n) is 8.06.